The van der Waals surface area contributed by atoms with Crippen LogP contribution in [-0.2, 0) is 4.79 Å². The van der Waals surface area contributed by atoms with Crippen LogP contribution in [0.1, 0.15) is 32.6 Å². The zero-order valence-corrected chi connectivity index (χ0v) is 8.38. The quantitative estimate of drug-likeness (QED) is 0.666. The molecule has 13 heavy (non-hydrogen) atoms. The molecule has 0 radical (unpaired) electrons. The van der Waals surface area contributed by atoms with E-state index in [2.05, 4.69) is 12.2 Å². The highest BCUT2D eigenvalue weighted by Gasteiger charge is 2.17. The Bertz CT molecular complexity index is 164. The Hall–Kier alpha value is -0.570. The van der Waals surface area contributed by atoms with Crippen molar-refractivity contribution in [3.05, 3.63) is 0 Å². The van der Waals surface area contributed by atoms with Crippen molar-refractivity contribution in [2.45, 2.75) is 32.6 Å². The SMILES string of the molecule is CC(CCC(N)=O)CC1CCNC1. The van der Waals surface area contributed by atoms with Gasteiger partial charge in [-0.15, -0.1) is 0 Å². The van der Waals surface area contributed by atoms with Crippen molar-refractivity contribution in [3.63, 3.8) is 0 Å². The zero-order valence-electron chi connectivity index (χ0n) is 8.38. The van der Waals surface area contributed by atoms with Crippen molar-refractivity contribution in [2.75, 3.05) is 13.1 Å². The van der Waals surface area contributed by atoms with Gasteiger partial charge in [-0.3, -0.25) is 4.79 Å². The van der Waals surface area contributed by atoms with Crippen LogP contribution in [0.3, 0.4) is 0 Å². The third-order valence-electron chi connectivity index (χ3n) is 2.78. The number of hydrogen-bond acceptors (Lipinski definition) is 2. The molecule has 1 fully saturated rings. The topological polar surface area (TPSA) is 55.1 Å². The average Bonchev–Trinajstić information content (AvgIpc) is 2.53. The largest absolute Gasteiger partial charge is 0.370 e. The fourth-order valence-electron chi connectivity index (χ4n) is 1.99. The van der Waals surface area contributed by atoms with Gasteiger partial charge < -0.3 is 11.1 Å². The molecule has 0 aromatic rings. The number of carbonyl (C=O) groups excluding carboxylic acids is 1. The van der Waals surface area contributed by atoms with E-state index >= 15 is 0 Å². The molecule has 3 N–H and O–H groups in total. The van der Waals surface area contributed by atoms with Gasteiger partial charge in [-0.25, -0.2) is 0 Å². The minimum Gasteiger partial charge on any atom is -0.370 e. The first-order valence-electron chi connectivity index (χ1n) is 5.17. The van der Waals surface area contributed by atoms with Crippen molar-refractivity contribution >= 4 is 5.91 Å². The normalized spacial score (nSPS) is 24.5. The maximum absolute atomic E-state index is 10.6. The minimum atomic E-state index is -0.170. The number of amides is 1. The van der Waals surface area contributed by atoms with Gasteiger partial charge >= 0.3 is 0 Å². The number of primary amides is 1. The van der Waals surface area contributed by atoms with Crippen LogP contribution in [-0.4, -0.2) is 19.0 Å². The molecule has 1 heterocycles. The molecule has 2 unspecified atom stereocenters. The molecule has 3 heteroatoms. The van der Waals surface area contributed by atoms with E-state index in [4.69, 9.17) is 5.73 Å². The molecule has 2 atom stereocenters. The molecule has 1 amide bonds. The summed E-state index contributed by atoms with van der Waals surface area (Å²) in [6, 6.07) is 0. The highest BCUT2D eigenvalue weighted by molar-refractivity contribution is 5.73. The van der Waals surface area contributed by atoms with E-state index in [0.717, 1.165) is 25.4 Å². The first-order valence-corrected chi connectivity index (χ1v) is 5.17. The van der Waals surface area contributed by atoms with Gasteiger partial charge in [0, 0.05) is 6.42 Å². The summed E-state index contributed by atoms with van der Waals surface area (Å²) in [5.41, 5.74) is 5.10. The summed E-state index contributed by atoms with van der Waals surface area (Å²) >= 11 is 0. The molecule has 1 aliphatic rings. The van der Waals surface area contributed by atoms with Gasteiger partial charge in [-0.05, 0) is 44.2 Å². The molecule has 0 bridgehead atoms. The fraction of sp³-hybridized carbons (Fsp3) is 0.900. The average molecular weight is 184 g/mol. The monoisotopic (exact) mass is 184 g/mol. The van der Waals surface area contributed by atoms with Crippen LogP contribution in [0.4, 0.5) is 0 Å². The van der Waals surface area contributed by atoms with Crippen molar-refractivity contribution in [2.24, 2.45) is 17.6 Å². The molecule has 0 aromatic heterocycles. The lowest BCUT2D eigenvalue weighted by molar-refractivity contribution is -0.118. The summed E-state index contributed by atoms with van der Waals surface area (Å²) in [4.78, 5) is 10.6. The van der Waals surface area contributed by atoms with E-state index in [9.17, 15) is 4.79 Å². The summed E-state index contributed by atoms with van der Waals surface area (Å²) < 4.78 is 0. The van der Waals surface area contributed by atoms with Gasteiger partial charge in [0.1, 0.15) is 0 Å². The van der Waals surface area contributed by atoms with Gasteiger partial charge in [-0.1, -0.05) is 6.92 Å². The molecule has 76 valence electrons. The Morgan fingerprint density at radius 2 is 2.46 bits per heavy atom. The fourth-order valence-corrected chi connectivity index (χ4v) is 1.99. The lowest BCUT2D eigenvalue weighted by Crippen LogP contribution is -2.14. The molecule has 1 rings (SSSR count). The molecule has 0 saturated carbocycles. The second kappa shape index (κ2) is 5.22. The number of carbonyl (C=O) groups is 1. The summed E-state index contributed by atoms with van der Waals surface area (Å²) in [5.74, 6) is 1.29. The van der Waals surface area contributed by atoms with Gasteiger partial charge in [0.05, 0.1) is 0 Å². The van der Waals surface area contributed by atoms with Crippen LogP contribution in [0.25, 0.3) is 0 Å². The molecule has 0 spiro atoms. The maximum atomic E-state index is 10.6. The van der Waals surface area contributed by atoms with Crippen LogP contribution in [0.5, 0.6) is 0 Å². The van der Waals surface area contributed by atoms with E-state index < -0.39 is 0 Å². The second-order valence-corrected chi connectivity index (χ2v) is 4.20. The van der Waals surface area contributed by atoms with E-state index in [0.29, 0.717) is 12.3 Å². The lowest BCUT2D eigenvalue weighted by Gasteiger charge is -2.14. The highest BCUT2D eigenvalue weighted by Crippen LogP contribution is 2.21. The van der Waals surface area contributed by atoms with E-state index in [1.165, 1.54) is 12.8 Å². The Labute approximate surface area is 80.1 Å². The van der Waals surface area contributed by atoms with Gasteiger partial charge in [0.15, 0.2) is 0 Å². The summed E-state index contributed by atoms with van der Waals surface area (Å²) in [6.45, 7) is 4.52. The maximum Gasteiger partial charge on any atom is 0.217 e. The highest BCUT2D eigenvalue weighted by atomic mass is 16.1. The molecule has 1 saturated heterocycles. The van der Waals surface area contributed by atoms with Crippen molar-refractivity contribution in [1.82, 2.24) is 5.32 Å². The molecule has 3 nitrogen and oxygen atoms in total. The number of nitrogens with one attached hydrogen (secondary N) is 1. The zero-order chi connectivity index (χ0) is 9.68. The van der Waals surface area contributed by atoms with Gasteiger partial charge in [0.25, 0.3) is 0 Å². The third-order valence-corrected chi connectivity index (χ3v) is 2.78. The molecule has 0 aromatic carbocycles. The smallest absolute Gasteiger partial charge is 0.217 e. The van der Waals surface area contributed by atoms with E-state index in [1.807, 2.05) is 0 Å². The predicted octanol–water partition coefficient (Wildman–Crippen LogP) is 0.888. The first-order chi connectivity index (χ1) is 6.18. The lowest BCUT2D eigenvalue weighted by atomic mass is 9.92. The van der Waals surface area contributed by atoms with E-state index in [1.54, 1.807) is 0 Å². The van der Waals surface area contributed by atoms with Crippen LogP contribution in [0.2, 0.25) is 0 Å². The summed E-state index contributed by atoms with van der Waals surface area (Å²) in [6.07, 6.45) is 4.02. The Morgan fingerprint density at radius 3 is 3.00 bits per heavy atom. The minimum absolute atomic E-state index is 0.170. The van der Waals surface area contributed by atoms with Gasteiger partial charge in [-0.2, -0.15) is 0 Å². The Morgan fingerprint density at radius 1 is 1.69 bits per heavy atom. The van der Waals surface area contributed by atoms with Crippen LogP contribution in [0.15, 0.2) is 0 Å². The van der Waals surface area contributed by atoms with Crippen molar-refractivity contribution in [1.29, 1.82) is 0 Å². The van der Waals surface area contributed by atoms with Gasteiger partial charge in [0.2, 0.25) is 5.91 Å². The predicted molar refractivity (Wildman–Crippen MR) is 53.2 cm³/mol. The first kappa shape index (κ1) is 10.5. The molecule has 1 aliphatic heterocycles. The molecular weight excluding hydrogens is 164 g/mol. The van der Waals surface area contributed by atoms with Crippen molar-refractivity contribution in [3.8, 4) is 0 Å². The summed E-state index contributed by atoms with van der Waals surface area (Å²) in [5, 5.41) is 3.35. The molecular formula is C10H20N2O. The van der Waals surface area contributed by atoms with Crippen LogP contribution >= 0.6 is 0 Å². The van der Waals surface area contributed by atoms with Crippen LogP contribution in [0, 0.1) is 11.8 Å². The Kier molecular flexibility index (Phi) is 4.22. The number of nitrogens with two attached hydrogens (primary N) is 1. The number of rotatable bonds is 5. The second-order valence-electron chi connectivity index (χ2n) is 4.20. The standard InChI is InChI=1S/C10H20N2O/c1-8(2-3-10(11)13)6-9-4-5-12-7-9/h8-9,12H,2-7H2,1H3,(H2,11,13). The number of hydrogen-bond donors (Lipinski definition) is 2. The summed E-state index contributed by atoms with van der Waals surface area (Å²) in [7, 11) is 0. The Balaban J connectivity index is 2.09. The van der Waals surface area contributed by atoms with Crippen molar-refractivity contribution < 1.29 is 4.79 Å². The van der Waals surface area contributed by atoms with Crippen LogP contribution < -0.4 is 11.1 Å². The van der Waals surface area contributed by atoms with E-state index in [-0.39, 0.29) is 5.91 Å². The third kappa shape index (κ3) is 4.27. The molecule has 0 aliphatic carbocycles.